The average Bonchev–Trinajstić information content (AvgIpc) is 2.59. The average molecular weight is 376 g/mol. The lowest BCUT2D eigenvalue weighted by Crippen LogP contribution is -2.47. The second-order valence-electron chi connectivity index (χ2n) is 8.07. The maximum absolute atomic E-state index is 12.1. The Morgan fingerprint density at radius 1 is 1.15 bits per heavy atom. The van der Waals surface area contributed by atoms with Crippen LogP contribution in [0, 0.1) is 6.92 Å². The van der Waals surface area contributed by atoms with Crippen LogP contribution in [-0.2, 0) is 9.53 Å². The third kappa shape index (κ3) is 7.89. The van der Waals surface area contributed by atoms with Gasteiger partial charge in [0.1, 0.15) is 11.4 Å². The molecule has 1 N–H and O–H groups in total. The number of carbonyl (C=O) groups excluding carboxylic acids is 2. The SMILES string of the molecule is Cc1ccc(OCCCC(=O)NC2CCN(C(=O)OC(C)(C)C)CC2)cc1. The van der Waals surface area contributed by atoms with Gasteiger partial charge in [-0.1, -0.05) is 17.7 Å². The van der Waals surface area contributed by atoms with Gasteiger partial charge in [0.25, 0.3) is 0 Å². The molecule has 1 aromatic rings. The highest BCUT2D eigenvalue weighted by Gasteiger charge is 2.27. The summed E-state index contributed by atoms with van der Waals surface area (Å²) in [4.78, 5) is 25.9. The standard InChI is InChI=1S/C21H32N2O4/c1-16-7-9-18(10-8-16)26-15-5-6-19(24)22-17-11-13-23(14-12-17)20(25)27-21(2,3)4/h7-10,17H,5-6,11-15H2,1-4H3,(H,22,24). The van der Waals surface area contributed by atoms with Crippen molar-refractivity contribution in [1.29, 1.82) is 0 Å². The smallest absolute Gasteiger partial charge is 0.410 e. The number of amides is 2. The zero-order chi connectivity index (χ0) is 19.9. The number of aryl methyl sites for hydroxylation is 1. The number of hydrogen-bond acceptors (Lipinski definition) is 4. The van der Waals surface area contributed by atoms with Crippen LogP contribution in [0.1, 0.15) is 52.0 Å². The maximum atomic E-state index is 12.1. The first-order valence-electron chi connectivity index (χ1n) is 9.70. The summed E-state index contributed by atoms with van der Waals surface area (Å²) in [6, 6.07) is 8.01. The fraction of sp³-hybridized carbons (Fsp3) is 0.619. The molecular formula is C21H32N2O4. The van der Waals surface area contributed by atoms with Gasteiger partial charge in [-0.2, -0.15) is 0 Å². The van der Waals surface area contributed by atoms with Crippen LogP contribution in [0.2, 0.25) is 0 Å². The molecule has 0 atom stereocenters. The number of nitrogens with one attached hydrogen (secondary N) is 1. The third-order valence-corrected chi connectivity index (χ3v) is 4.35. The second kappa shape index (κ2) is 9.62. The van der Waals surface area contributed by atoms with Gasteiger partial charge in [0, 0.05) is 25.6 Å². The second-order valence-corrected chi connectivity index (χ2v) is 8.07. The molecular weight excluding hydrogens is 344 g/mol. The fourth-order valence-corrected chi connectivity index (χ4v) is 2.89. The molecule has 6 nitrogen and oxygen atoms in total. The van der Waals surface area contributed by atoms with Crippen LogP contribution < -0.4 is 10.1 Å². The summed E-state index contributed by atoms with van der Waals surface area (Å²) in [6.45, 7) is 9.35. The number of hydrogen-bond donors (Lipinski definition) is 1. The molecule has 1 aliphatic rings. The summed E-state index contributed by atoms with van der Waals surface area (Å²) in [6.07, 6.45) is 2.35. The number of nitrogens with zero attached hydrogens (tertiary/aromatic N) is 1. The van der Waals surface area contributed by atoms with Crippen molar-refractivity contribution < 1.29 is 19.1 Å². The minimum atomic E-state index is -0.483. The van der Waals surface area contributed by atoms with Crippen LogP contribution in [0.4, 0.5) is 4.79 Å². The van der Waals surface area contributed by atoms with Crippen LogP contribution in [0.25, 0.3) is 0 Å². The van der Waals surface area contributed by atoms with E-state index in [0.29, 0.717) is 32.5 Å². The predicted molar refractivity (Wildman–Crippen MR) is 105 cm³/mol. The molecule has 0 aliphatic carbocycles. The molecule has 150 valence electrons. The number of benzene rings is 1. The monoisotopic (exact) mass is 376 g/mol. The number of likely N-dealkylation sites (tertiary alicyclic amines) is 1. The Labute approximate surface area is 162 Å². The summed E-state index contributed by atoms with van der Waals surface area (Å²) >= 11 is 0. The van der Waals surface area contributed by atoms with E-state index < -0.39 is 5.60 Å². The Morgan fingerprint density at radius 3 is 2.37 bits per heavy atom. The summed E-state index contributed by atoms with van der Waals surface area (Å²) in [5, 5.41) is 3.06. The normalized spacial score (nSPS) is 15.3. The minimum absolute atomic E-state index is 0.0400. The first kappa shape index (κ1) is 21.1. The van der Waals surface area contributed by atoms with Crippen molar-refractivity contribution in [3.05, 3.63) is 29.8 Å². The van der Waals surface area contributed by atoms with Gasteiger partial charge < -0.3 is 19.7 Å². The molecule has 2 rings (SSSR count). The van der Waals surface area contributed by atoms with Crippen LogP contribution in [-0.4, -0.2) is 48.2 Å². The molecule has 6 heteroatoms. The van der Waals surface area contributed by atoms with Crippen LogP contribution >= 0.6 is 0 Å². The molecule has 0 spiro atoms. The van der Waals surface area contributed by atoms with Crippen molar-refractivity contribution >= 4 is 12.0 Å². The summed E-state index contributed by atoms with van der Waals surface area (Å²) < 4.78 is 11.0. The fourth-order valence-electron chi connectivity index (χ4n) is 2.89. The number of rotatable bonds is 6. The highest BCUT2D eigenvalue weighted by atomic mass is 16.6. The Balaban J connectivity index is 1.60. The van der Waals surface area contributed by atoms with Crippen molar-refractivity contribution in [2.75, 3.05) is 19.7 Å². The van der Waals surface area contributed by atoms with Gasteiger partial charge in [0.15, 0.2) is 0 Å². The molecule has 1 saturated heterocycles. The van der Waals surface area contributed by atoms with Crippen molar-refractivity contribution in [2.24, 2.45) is 0 Å². The Bertz CT molecular complexity index is 614. The molecule has 1 aliphatic heterocycles. The highest BCUT2D eigenvalue weighted by molar-refractivity contribution is 5.76. The lowest BCUT2D eigenvalue weighted by Gasteiger charge is -2.33. The summed E-state index contributed by atoms with van der Waals surface area (Å²) in [7, 11) is 0. The largest absolute Gasteiger partial charge is 0.494 e. The molecule has 1 heterocycles. The van der Waals surface area contributed by atoms with Gasteiger partial charge in [-0.25, -0.2) is 4.79 Å². The molecule has 27 heavy (non-hydrogen) atoms. The lowest BCUT2D eigenvalue weighted by molar-refractivity contribution is -0.122. The van der Waals surface area contributed by atoms with Crippen molar-refractivity contribution in [3.8, 4) is 5.75 Å². The molecule has 1 aromatic carbocycles. The van der Waals surface area contributed by atoms with E-state index in [2.05, 4.69) is 5.32 Å². The zero-order valence-corrected chi connectivity index (χ0v) is 16.9. The predicted octanol–water partition coefficient (Wildman–Crippen LogP) is 3.67. The highest BCUT2D eigenvalue weighted by Crippen LogP contribution is 2.16. The lowest BCUT2D eigenvalue weighted by atomic mass is 10.1. The summed E-state index contributed by atoms with van der Waals surface area (Å²) in [5.41, 5.74) is 0.711. The Kier molecular flexibility index (Phi) is 7.51. The van der Waals surface area contributed by atoms with E-state index in [1.807, 2.05) is 52.0 Å². The van der Waals surface area contributed by atoms with Crippen molar-refractivity contribution in [2.45, 2.75) is 65.0 Å². The van der Waals surface area contributed by atoms with Crippen molar-refractivity contribution in [3.63, 3.8) is 0 Å². The Hall–Kier alpha value is -2.24. The maximum Gasteiger partial charge on any atom is 0.410 e. The molecule has 2 amide bonds. The number of carbonyl (C=O) groups is 2. The summed E-state index contributed by atoms with van der Waals surface area (Å²) in [5.74, 6) is 0.869. The molecule has 0 bridgehead atoms. The molecule has 0 radical (unpaired) electrons. The van der Waals surface area contributed by atoms with Gasteiger partial charge in [-0.05, 0) is 59.1 Å². The van der Waals surface area contributed by atoms with Gasteiger partial charge in [-0.3, -0.25) is 4.79 Å². The van der Waals surface area contributed by atoms with E-state index in [-0.39, 0.29) is 18.0 Å². The quantitative estimate of drug-likeness (QED) is 0.769. The molecule has 1 fully saturated rings. The van der Waals surface area contributed by atoms with E-state index >= 15 is 0 Å². The number of piperidine rings is 1. The molecule has 0 aromatic heterocycles. The first-order chi connectivity index (χ1) is 12.7. The van der Waals surface area contributed by atoms with Crippen LogP contribution in [0.15, 0.2) is 24.3 Å². The van der Waals surface area contributed by atoms with E-state index in [1.54, 1.807) is 4.90 Å². The third-order valence-electron chi connectivity index (χ3n) is 4.35. The van der Waals surface area contributed by atoms with E-state index in [0.717, 1.165) is 18.6 Å². The van der Waals surface area contributed by atoms with Gasteiger partial charge in [0.05, 0.1) is 6.61 Å². The van der Waals surface area contributed by atoms with E-state index in [4.69, 9.17) is 9.47 Å². The van der Waals surface area contributed by atoms with Crippen molar-refractivity contribution in [1.82, 2.24) is 10.2 Å². The minimum Gasteiger partial charge on any atom is -0.494 e. The van der Waals surface area contributed by atoms with Crippen LogP contribution in [0.3, 0.4) is 0 Å². The van der Waals surface area contributed by atoms with Gasteiger partial charge >= 0.3 is 6.09 Å². The topological polar surface area (TPSA) is 67.9 Å². The van der Waals surface area contributed by atoms with E-state index in [9.17, 15) is 9.59 Å². The number of ether oxygens (including phenoxy) is 2. The molecule has 0 saturated carbocycles. The molecule has 0 unspecified atom stereocenters. The van der Waals surface area contributed by atoms with Crippen LogP contribution in [0.5, 0.6) is 5.75 Å². The van der Waals surface area contributed by atoms with Gasteiger partial charge in [0.2, 0.25) is 5.91 Å². The van der Waals surface area contributed by atoms with E-state index in [1.165, 1.54) is 5.56 Å². The zero-order valence-electron chi connectivity index (χ0n) is 16.9. The van der Waals surface area contributed by atoms with Gasteiger partial charge in [-0.15, -0.1) is 0 Å². The first-order valence-corrected chi connectivity index (χ1v) is 9.70. The Morgan fingerprint density at radius 2 is 1.78 bits per heavy atom.